The smallest absolute Gasteiger partial charge is 0.260 e. The third-order valence-corrected chi connectivity index (χ3v) is 2.19. The van der Waals surface area contributed by atoms with Gasteiger partial charge in [0.15, 0.2) is 17.7 Å². The van der Waals surface area contributed by atoms with Gasteiger partial charge >= 0.3 is 0 Å². The average Bonchev–Trinajstić information content (AvgIpc) is 2.22. The number of carbonyl (C=O) groups is 1. The van der Waals surface area contributed by atoms with Gasteiger partial charge in [0.05, 0.1) is 0 Å². The minimum Gasteiger partial charge on any atom is -0.478 e. The zero-order chi connectivity index (χ0) is 13.0. The fourth-order valence-electron chi connectivity index (χ4n) is 1.35. The monoisotopic (exact) mass is 239 g/mol. The molecule has 1 aromatic carbocycles. The second-order valence-corrected chi connectivity index (χ2v) is 4.36. The van der Waals surface area contributed by atoms with Gasteiger partial charge in [0.1, 0.15) is 0 Å². The predicted molar refractivity (Wildman–Crippen MR) is 64.5 cm³/mol. The van der Waals surface area contributed by atoms with E-state index in [2.05, 4.69) is 5.32 Å². The molecule has 0 unspecified atom stereocenters. The molecule has 1 N–H and O–H groups in total. The van der Waals surface area contributed by atoms with E-state index in [4.69, 9.17) is 4.74 Å². The number of benzene rings is 1. The van der Waals surface area contributed by atoms with Gasteiger partial charge in [-0.1, -0.05) is 6.07 Å². The predicted octanol–water partition coefficient (Wildman–Crippen LogP) is 2.43. The van der Waals surface area contributed by atoms with Gasteiger partial charge < -0.3 is 10.1 Å². The second kappa shape index (κ2) is 5.66. The number of rotatable bonds is 4. The molecule has 0 bridgehead atoms. The van der Waals surface area contributed by atoms with Crippen molar-refractivity contribution in [3.63, 3.8) is 0 Å². The molecular formula is C13H18FNO2. The number of aryl methyl sites for hydroxylation is 1. The lowest BCUT2D eigenvalue weighted by molar-refractivity contribution is -0.127. The van der Waals surface area contributed by atoms with E-state index in [1.807, 2.05) is 20.8 Å². The summed E-state index contributed by atoms with van der Waals surface area (Å²) in [5.41, 5.74) is 0.887. The van der Waals surface area contributed by atoms with E-state index in [9.17, 15) is 9.18 Å². The van der Waals surface area contributed by atoms with Crippen LogP contribution in [0.15, 0.2) is 18.2 Å². The molecule has 0 fully saturated rings. The maximum atomic E-state index is 13.4. The summed E-state index contributed by atoms with van der Waals surface area (Å²) in [6, 6.07) is 4.60. The molecule has 1 rings (SSSR count). The van der Waals surface area contributed by atoms with Gasteiger partial charge in [0, 0.05) is 6.04 Å². The Kier molecular flexibility index (Phi) is 4.49. The number of ether oxygens (including phenoxy) is 1. The Balaban J connectivity index is 2.70. The molecular weight excluding hydrogens is 221 g/mol. The van der Waals surface area contributed by atoms with Crippen molar-refractivity contribution in [1.82, 2.24) is 5.32 Å². The van der Waals surface area contributed by atoms with Crippen LogP contribution in [-0.2, 0) is 4.79 Å². The summed E-state index contributed by atoms with van der Waals surface area (Å²) in [6.07, 6.45) is -0.714. The van der Waals surface area contributed by atoms with Gasteiger partial charge in [-0.25, -0.2) is 4.39 Å². The molecule has 0 saturated carbocycles. The third kappa shape index (κ3) is 4.06. The van der Waals surface area contributed by atoms with Crippen molar-refractivity contribution in [1.29, 1.82) is 0 Å². The Hall–Kier alpha value is -1.58. The molecule has 0 radical (unpaired) electrons. The highest BCUT2D eigenvalue weighted by Gasteiger charge is 2.17. The molecule has 4 heteroatoms. The normalized spacial score (nSPS) is 12.4. The van der Waals surface area contributed by atoms with Gasteiger partial charge in [0.25, 0.3) is 5.91 Å². The summed E-state index contributed by atoms with van der Waals surface area (Å²) in [5, 5.41) is 2.71. The van der Waals surface area contributed by atoms with Crippen molar-refractivity contribution in [2.45, 2.75) is 39.8 Å². The summed E-state index contributed by atoms with van der Waals surface area (Å²) in [6.45, 7) is 7.15. The second-order valence-electron chi connectivity index (χ2n) is 4.36. The van der Waals surface area contributed by atoms with Crippen LogP contribution >= 0.6 is 0 Å². The van der Waals surface area contributed by atoms with Gasteiger partial charge in [-0.15, -0.1) is 0 Å². The van der Waals surface area contributed by atoms with E-state index in [0.717, 1.165) is 5.56 Å². The van der Waals surface area contributed by atoms with Crippen molar-refractivity contribution in [3.05, 3.63) is 29.6 Å². The average molecular weight is 239 g/mol. The molecule has 0 spiro atoms. The first-order chi connectivity index (χ1) is 7.90. The molecule has 94 valence electrons. The molecule has 1 aromatic rings. The van der Waals surface area contributed by atoms with E-state index in [0.29, 0.717) is 0 Å². The van der Waals surface area contributed by atoms with Gasteiger partial charge in [-0.2, -0.15) is 0 Å². The fraction of sp³-hybridized carbons (Fsp3) is 0.462. The van der Waals surface area contributed by atoms with Crippen LogP contribution in [0.2, 0.25) is 0 Å². The molecule has 0 aliphatic rings. The van der Waals surface area contributed by atoms with Crippen LogP contribution in [0.25, 0.3) is 0 Å². The Bertz CT molecular complexity index is 404. The number of amides is 1. The quantitative estimate of drug-likeness (QED) is 0.876. The Morgan fingerprint density at radius 2 is 2.00 bits per heavy atom. The van der Waals surface area contributed by atoms with E-state index in [-0.39, 0.29) is 17.7 Å². The van der Waals surface area contributed by atoms with E-state index >= 15 is 0 Å². The minimum atomic E-state index is -0.714. The lowest BCUT2D eigenvalue weighted by Gasteiger charge is -2.17. The SMILES string of the molecule is Cc1ccc(F)c(O[C@@H](C)C(=O)NC(C)C)c1. The number of halogens is 1. The first kappa shape index (κ1) is 13.5. The van der Waals surface area contributed by atoms with E-state index < -0.39 is 11.9 Å². The maximum absolute atomic E-state index is 13.4. The first-order valence-corrected chi connectivity index (χ1v) is 5.63. The van der Waals surface area contributed by atoms with Crippen LogP contribution in [-0.4, -0.2) is 18.1 Å². The van der Waals surface area contributed by atoms with Crippen molar-refractivity contribution < 1.29 is 13.9 Å². The summed E-state index contributed by atoms with van der Waals surface area (Å²) < 4.78 is 18.7. The Morgan fingerprint density at radius 3 is 2.59 bits per heavy atom. The zero-order valence-corrected chi connectivity index (χ0v) is 10.6. The number of nitrogens with one attached hydrogen (secondary N) is 1. The van der Waals surface area contributed by atoms with Crippen LogP contribution in [0, 0.1) is 12.7 Å². The van der Waals surface area contributed by atoms with E-state index in [1.165, 1.54) is 6.07 Å². The standard InChI is InChI=1S/C13H18FNO2/c1-8(2)15-13(16)10(4)17-12-7-9(3)5-6-11(12)14/h5-8,10H,1-4H3,(H,15,16)/t10-/m0/s1. The van der Waals surface area contributed by atoms with Gasteiger partial charge in [-0.05, 0) is 45.4 Å². The van der Waals surface area contributed by atoms with Gasteiger partial charge in [-0.3, -0.25) is 4.79 Å². The fourth-order valence-corrected chi connectivity index (χ4v) is 1.35. The van der Waals surface area contributed by atoms with Crippen LogP contribution in [0.5, 0.6) is 5.75 Å². The first-order valence-electron chi connectivity index (χ1n) is 5.63. The van der Waals surface area contributed by atoms with Crippen molar-refractivity contribution >= 4 is 5.91 Å². The molecule has 17 heavy (non-hydrogen) atoms. The molecule has 3 nitrogen and oxygen atoms in total. The molecule has 1 amide bonds. The largest absolute Gasteiger partial charge is 0.478 e. The molecule has 0 aliphatic carbocycles. The van der Waals surface area contributed by atoms with Crippen LogP contribution in [0.1, 0.15) is 26.3 Å². The Labute approximate surface area is 101 Å². The summed E-state index contributed by atoms with van der Waals surface area (Å²) in [5.74, 6) is -0.600. The maximum Gasteiger partial charge on any atom is 0.260 e. The highest BCUT2D eigenvalue weighted by Crippen LogP contribution is 2.19. The van der Waals surface area contributed by atoms with Crippen molar-refractivity contribution in [3.8, 4) is 5.75 Å². The Morgan fingerprint density at radius 1 is 1.35 bits per heavy atom. The van der Waals surface area contributed by atoms with Crippen molar-refractivity contribution in [2.75, 3.05) is 0 Å². The van der Waals surface area contributed by atoms with Gasteiger partial charge in [0.2, 0.25) is 0 Å². The highest BCUT2D eigenvalue weighted by molar-refractivity contribution is 5.80. The third-order valence-electron chi connectivity index (χ3n) is 2.19. The van der Waals surface area contributed by atoms with Crippen molar-refractivity contribution in [2.24, 2.45) is 0 Å². The zero-order valence-electron chi connectivity index (χ0n) is 10.6. The number of carbonyl (C=O) groups excluding carboxylic acids is 1. The molecule has 0 aliphatic heterocycles. The molecule has 0 heterocycles. The van der Waals surface area contributed by atoms with Crippen LogP contribution < -0.4 is 10.1 Å². The molecule has 0 aromatic heterocycles. The summed E-state index contributed by atoms with van der Waals surface area (Å²) in [7, 11) is 0. The lowest BCUT2D eigenvalue weighted by Crippen LogP contribution is -2.40. The lowest BCUT2D eigenvalue weighted by atomic mass is 10.2. The summed E-state index contributed by atoms with van der Waals surface area (Å²) >= 11 is 0. The molecule has 1 atom stereocenters. The molecule has 0 saturated heterocycles. The topological polar surface area (TPSA) is 38.3 Å². The number of hydrogen-bond donors (Lipinski definition) is 1. The highest BCUT2D eigenvalue weighted by atomic mass is 19.1. The minimum absolute atomic E-state index is 0.0379. The summed E-state index contributed by atoms with van der Waals surface area (Å²) in [4.78, 5) is 11.6. The van der Waals surface area contributed by atoms with Crippen LogP contribution in [0.4, 0.5) is 4.39 Å². The van der Waals surface area contributed by atoms with Crippen LogP contribution in [0.3, 0.4) is 0 Å². The number of hydrogen-bond acceptors (Lipinski definition) is 2. The van der Waals surface area contributed by atoms with E-state index in [1.54, 1.807) is 19.1 Å².